The standard InChI is InChI=1S/C32H37IO6S/c1-24(34)35-23-28-29(36-20-25-12-5-2-6-13-25)30(37-21-26-14-7-3-8-15-26)31(32(39-28)40-19-11-18-33)38-22-27-16-9-4-10-17-27/h2-10,12-17,28-32H,11,18-23H2,1H3/t28-,29-,30+,31+,32+/m1/s1. The third-order valence-corrected chi connectivity index (χ3v) is 8.45. The van der Waals surface area contributed by atoms with Gasteiger partial charge < -0.3 is 23.7 Å². The van der Waals surface area contributed by atoms with Gasteiger partial charge in [0.1, 0.15) is 36.5 Å². The van der Waals surface area contributed by atoms with Gasteiger partial charge in [-0.15, -0.1) is 11.8 Å². The number of alkyl halides is 1. The SMILES string of the molecule is CC(=O)OC[C@H]1O[C@@H](SCCCI)[C@@H](OCc2ccccc2)[C@@H](OCc2ccccc2)[C@@H]1OCc1ccccc1. The zero-order valence-electron chi connectivity index (χ0n) is 22.7. The number of benzene rings is 3. The normalized spacial score (nSPS) is 22.6. The summed E-state index contributed by atoms with van der Waals surface area (Å²) in [6, 6.07) is 30.2. The number of carbonyl (C=O) groups excluding carboxylic acids is 1. The van der Waals surface area contributed by atoms with Gasteiger partial charge in [-0.2, -0.15) is 0 Å². The first-order chi connectivity index (χ1) is 19.6. The van der Waals surface area contributed by atoms with E-state index in [4.69, 9.17) is 23.7 Å². The molecule has 0 N–H and O–H groups in total. The van der Waals surface area contributed by atoms with Gasteiger partial charge in [0.2, 0.25) is 0 Å². The predicted octanol–water partition coefficient (Wildman–Crippen LogP) is 6.59. The molecule has 0 amide bonds. The second kappa shape index (κ2) is 17.1. The van der Waals surface area contributed by atoms with Crippen molar-refractivity contribution in [2.24, 2.45) is 0 Å². The second-order valence-electron chi connectivity index (χ2n) is 9.54. The number of rotatable bonds is 15. The van der Waals surface area contributed by atoms with Crippen LogP contribution in [0.1, 0.15) is 30.0 Å². The third kappa shape index (κ3) is 9.85. The molecule has 0 aromatic heterocycles. The highest BCUT2D eigenvalue weighted by Gasteiger charge is 2.48. The summed E-state index contributed by atoms with van der Waals surface area (Å²) in [6.07, 6.45) is -0.849. The molecule has 1 heterocycles. The number of thioether (sulfide) groups is 1. The van der Waals surface area contributed by atoms with Crippen molar-refractivity contribution in [1.29, 1.82) is 0 Å². The van der Waals surface area contributed by atoms with Crippen molar-refractivity contribution in [2.75, 3.05) is 16.8 Å². The first-order valence-electron chi connectivity index (χ1n) is 13.6. The van der Waals surface area contributed by atoms with Gasteiger partial charge in [0.25, 0.3) is 0 Å². The molecule has 214 valence electrons. The van der Waals surface area contributed by atoms with Crippen molar-refractivity contribution < 1.29 is 28.5 Å². The molecule has 1 fully saturated rings. The lowest BCUT2D eigenvalue weighted by Gasteiger charge is -2.46. The minimum absolute atomic E-state index is 0.0781. The van der Waals surface area contributed by atoms with Crippen LogP contribution in [0.25, 0.3) is 0 Å². The predicted molar refractivity (Wildman–Crippen MR) is 166 cm³/mol. The van der Waals surface area contributed by atoms with E-state index < -0.39 is 24.4 Å². The zero-order chi connectivity index (χ0) is 28.0. The molecule has 3 aromatic rings. The molecule has 1 aliphatic heterocycles. The largest absolute Gasteiger partial charge is 0.463 e. The fraction of sp³-hybridized carbons (Fsp3) is 0.406. The smallest absolute Gasteiger partial charge is 0.302 e. The maximum absolute atomic E-state index is 11.8. The van der Waals surface area contributed by atoms with Crippen LogP contribution >= 0.6 is 34.4 Å². The van der Waals surface area contributed by atoms with Crippen LogP contribution in [0.4, 0.5) is 0 Å². The molecule has 0 saturated carbocycles. The Hall–Kier alpha value is -1.95. The number of hydrogen-bond acceptors (Lipinski definition) is 7. The number of carbonyl (C=O) groups is 1. The van der Waals surface area contributed by atoms with E-state index in [2.05, 4.69) is 34.7 Å². The number of hydrogen-bond donors (Lipinski definition) is 0. The topological polar surface area (TPSA) is 63.2 Å². The monoisotopic (exact) mass is 676 g/mol. The van der Waals surface area contributed by atoms with Gasteiger partial charge in [-0.25, -0.2) is 0 Å². The first-order valence-corrected chi connectivity index (χ1v) is 16.1. The number of halogens is 1. The maximum Gasteiger partial charge on any atom is 0.302 e. The molecule has 8 heteroatoms. The Kier molecular flexibility index (Phi) is 13.3. The number of ether oxygens (including phenoxy) is 5. The van der Waals surface area contributed by atoms with Crippen molar-refractivity contribution >= 4 is 40.3 Å². The summed E-state index contributed by atoms with van der Waals surface area (Å²) in [6.45, 7) is 2.67. The molecular weight excluding hydrogens is 639 g/mol. The molecule has 40 heavy (non-hydrogen) atoms. The van der Waals surface area contributed by atoms with E-state index >= 15 is 0 Å². The van der Waals surface area contributed by atoms with Crippen LogP contribution in [0.3, 0.4) is 0 Å². The summed E-state index contributed by atoms with van der Waals surface area (Å²) < 4.78 is 32.9. The van der Waals surface area contributed by atoms with Crippen LogP contribution in [0, 0.1) is 0 Å². The van der Waals surface area contributed by atoms with Gasteiger partial charge in [0.05, 0.1) is 19.8 Å². The zero-order valence-corrected chi connectivity index (χ0v) is 25.7. The van der Waals surface area contributed by atoms with Crippen LogP contribution in [0.5, 0.6) is 0 Å². The fourth-order valence-electron chi connectivity index (χ4n) is 4.47. The van der Waals surface area contributed by atoms with Crippen LogP contribution in [0.15, 0.2) is 91.0 Å². The highest BCUT2D eigenvalue weighted by molar-refractivity contribution is 14.1. The van der Waals surface area contributed by atoms with Gasteiger partial charge in [-0.1, -0.05) is 114 Å². The summed E-state index contributed by atoms with van der Waals surface area (Å²) in [4.78, 5) is 11.8. The van der Waals surface area contributed by atoms with Crippen molar-refractivity contribution in [3.8, 4) is 0 Å². The highest BCUT2D eigenvalue weighted by Crippen LogP contribution is 2.35. The van der Waals surface area contributed by atoms with Crippen molar-refractivity contribution in [3.05, 3.63) is 108 Å². The van der Waals surface area contributed by atoms with Crippen molar-refractivity contribution in [3.63, 3.8) is 0 Å². The van der Waals surface area contributed by atoms with Crippen molar-refractivity contribution in [1.82, 2.24) is 0 Å². The molecule has 5 atom stereocenters. The quantitative estimate of drug-likeness (QED) is 0.0780. The maximum atomic E-state index is 11.8. The van der Waals surface area contributed by atoms with Gasteiger partial charge in [-0.05, 0) is 28.9 Å². The summed E-state index contributed by atoms with van der Waals surface area (Å²) in [7, 11) is 0. The van der Waals surface area contributed by atoms with E-state index in [1.165, 1.54) is 6.92 Å². The summed E-state index contributed by atoms with van der Waals surface area (Å²) >= 11 is 4.11. The summed E-state index contributed by atoms with van der Waals surface area (Å²) in [5, 5.41) is 0. The lowest BCUT2D eigenvalue weighted by molar-refractivity contribution is -0.253. The number of esters is 1. The minimum Gasteiger partial charge on any atom is -0.463 e. The Morgan fingerprint density at radius 3 is 1.70 bits per heavy atom. The van der Waals surface area contributed by atoms with Gasteiger partial charge in [0.15, 0.2) is 0 Å². The molecule has 4 rings (SSSR count). The first kappa shape index (κ1) is 31.0. The molecule has 0 spiro atoms. The molecule has 3 aromatic carbocycles. The molecule has 0 radical (unpaired) electrons. The molecule has 1 aliphatic rings. The molecular formula is C32H37IO6S. The van der Waals surface area contributed by atoms with E-state index in [1.807, 2.05) is 78.9 Å². The van der Waals surface area contributed by atoms with Gasteiger partial charge in [0, 0.05) is 11.4 Å². The molecule has 6 nitrogen and oxygen atoms in total. The van der Waals surface area contributed by atoms with Crippen LogP contribution in [-0.2, 0) is 48.3 Å². The van der Waals surface area contributed by atoms with E-state index in [9.17, 15) is 4.79 Å². The van der Waals surface area contributed by atoms with E-state index in [1.54, 1.807) is 11.8 Å². The lowest BCUT2D eigenvalue weighted by Crippen LogP contribution is -2.60. The van der Waals surface area contributed by atoms with Crippen LogP contribution in [-0.4, -0.2) is 52.6 Å². The molecule has 0 aliphatic carbocycles. The summed E-state index contributed by atoms with van der Waals surface area (Å²) in [5.41, 5.74) is 2.85. The van der Waals surface area contributed by atoms with Crippen LogP contribution in [0.2, 0.25) is 0 Å². The second-order valence-corrected chi connectivity index (χ2v) is 11.8. The third-order valence-electron chi connectivity index (χ3n) is 6.46. The van der Waals surface area contributed by atoms with Crippen LogP contribution < -0.4 is 0 Å². The fourth-order valence-corrected chi connectivity index (χ4v) is 6.55. The van der Waals surface area contributed by atoms with Crippen molar-refractivity contribution in [2.45, 2.75) is 63.0 Å². The average molecular weight is 677 g/mol. The Bertz CT molecular complexity index is 1120. The lowest BCUT2D eigenvalue weighted by atomic mass is 9.99. The molecule has 0 bridgehead atoms. The highest BCUT2D eigenvalue weighted by atomic mass is 127. The average Bonchev–Trinajstić information content (AvgIpc) is 2.99. The van der Waals surface area contributed by atoms with E-state index in [0.29, 0.717) is 19.8 Å². The Balaban J connectivity index is 1.63. The summed E-state index contributed by atoms with van der Waals surface area (Å²) in [5.74, 6) is 0.559. The van der Waals surface area contributed by atoms with E-state index in [-0.39, 0.29) is 18.0 Å². The minimum atomic E-state index is -0.523. The van der Waals surface area contributed by atoms with E-state index in [0.717, 1.165) is 33.3 Å². The van der Waals surface area contributed by atoms with Gasteiger partial charge >= 0.3 is 5.97 Å². The Labute approximate surface area is 255 Å². The van der Waals surface area contributed by atoms with Gasteiger partial charge in [-0.3, -0.25) is 4.79 Å². The Morgan fingerprint density at radius 2 is 1.23 bits per heavy atom. The molecule has 0 unspecified atom stereocenters. The Morgan fingerprint density at radius 1 is 0.750 bits per heavy atom. The molecule has 1 saturated heterocycles.